The number of amides is 4. The van der Waals surface area contributed by atoms with Gasteiger partial charge in [0.2, 0.25) is 23.6 Å². The van der Waals surface area contributed by atoms with Gasteiger partial charge in [0.05, 0.1) is 6.04 Å². The summed E-state index contributed by atoms with van der Waals surface area (Å²) in [6.45, 7) is 1.38. The van der Waals surface area contributed by atoms with Crippen molar-refractivity contribution in [3.05, 3.63) is 36.0 Å². The first-order valence-electron chi connectivity index (χ1n) is 11.7. The fraction of sp³-hybridized carbons (Fsp3) is 0.458. The van der Waals surface area contributed by atoms with Gasteiger partial charge >= 0.3 is 5.97 Å². The van der Waals surface area contributed by atoms with Gasteiger partial charge in [-0.05, 0) is 43.4 Å². The summed E-state index contributed by atoms with van der Waals surface area (Å²) in [5.74, 6) is -3.26. The van der Waals surface area contributed by atoms with Crippen LogP contribution < -0.4 is 27.4 Å². The quantitative estimate of drug-likeness (QED) is 0.160. The van der Waals surface area contributed by atoms with Crippen LogP contribution in [-0.4, -0.2) is 75.9 Å². The first kappa shape index (κ1) is 29.6. The number of carboxylic acid groups (broad SMARTS) is 1. The highest BCUT2D eigenvalue weighted by molar-refractivity contribution is 7.98. The van der Waals surface area contributed by atoms with Gasteiger partial charge in [-0.25, -0.2) is 4.79 Å². The molecule has 0 aliphatic carbocycles. The molecule has 0 aliphatic heterocycles. The molecular formula is C24H34N6O6S. The topological polar surface area (TPSA) is 209 Å². The number of nitrogens with two attached hydrogens (primary N) is 2. The number of carbonyl (C=O) groups excluding carboxylic acids is 4. The first-order valence-corrected chi connectivity index (χ1v) is 13.1. The molecular weight excluding hydrogens is 500 g/mol. The number of thioether (sulfide) groups is 1. The fourth-order valence-corrected chi connectivity index (χ4v) is 4.09. The van der Waals surface area contributed by atoms with Crippen molar-refractivity contribution in [2.24, 2.45) is 11.5 Å². The largest absolute Gasteiger partial charge is 0.480 e. The van der Waals surface area contributed by atoms with E-state index < -0.39 is 53.8 Å². The Bertz CT molecular complexity index is 1120. The molecule has 2 aromatic rings. The summed E-state index contributed by atoms with van der Waals surface area (Å²) in [5.41, 5.74) is 12.7. The van der Waals surface area contributed by atoms with Gasteiger partial charge in [-0.15, -0.1) is 0 Å². The van der Waals surface area contributed by atoms with Crippen LogP contribution in [0.25, 0.3) is 10.9 Å². The minimum Gasteiger partial charge on any atom is -0.480 e. The predicted octanol–water partition coefficient (Wildman–Crippen LogP) is -0.385. The van der Waals surface area contributed by atoms with E-state index in [0.29, 0.717) is 12.2 Å². The molecule has 4 atom stereocenters. The van der Waals surface area contributed by atoms with Gasteiger partial charge in [0.15, 0.2) is 0 Å². The first-order chi connectivity index (χ1) is 17.5. The Morgan fingerprint density at radius 3 is 2.32 bits per heavy atom. The zero-order valence-electron chi connectivity index (χ0n) is 20.8. The summed E-state index contributed by atoms with van der Waals surface area (Å²) in [5, 5.41) is 17.7. The van der Waals surface area contributed by atoms with E-state index in [9.17, 15) is 29.1 Å². The van der Waals surface area contributed by atoms with E-state index in [4.69, 9.17) is 11.5 Å². The number of aromatic nitrogens is 1. The third-order valence-corrected chi connectivity index (χ3v) is 6.39. The number of hydrogen-bond donors (Lipinski definition) is 7. The molecule has 13 heteroatoms. The lowest BCUT2D eigenvalue weighted by atomic mass is 10.0. The van der Waals surface area contributed by atoms with Gasteiger partial charge in [-0.2, -0.15) is 11.8 Å². The number of nitrogens with one attached hydrogen (secondary N) is 4. The molecule has 0 bridgehead atoms. The highest BCUT2D eigenvalue weighted by Crippen LogP contribution is 2.19. The Balaban J connectivity index is 2.15. The number of carboxylic acids is 1. The fourth-order valence-electron chi connectivity index (χ4n) is 3.60. The molecule has 0 radical (unpaired) electrons. The van der Waals surface area contributed by atoms with Crippen molar-refractivity contribution in [2.45, 2.75) is 56.8 Å². The Labute approximate surface area is 218 Å². The maximum absolute atomic E-state index is 13.2. The van der Waals surface area contributed by atoms with E-state index in [1.54, 1.807) is 18.0 Å². The van der Waals surface area contributed by atoms with E-state index >= 15 is 0 Å². The lowest BCUT2D eigenvalue weighted by Crippen LogP contribution is -2.57. The second-order valence-electron chi connectivity index (χ2n) is 8.65. The minimum atomic E-state index is -1.35. The van der Waals surface area contributed by atoms with Crippen LogP contribution in [0.1, 0.15) is 31.7 Å². The maximum Gasteiger partial charge on any atom is 0.326 e. The van der Waals surface area contributed by atoms with Crippen LogP contribution in [0.5, 0.6) is 0 Å². The summed E-state index contributed by atoms with van der Waals surface area (Å²) < 4.78 is 0. The van der Waals surface area contributed by atoms with Gasteiger partial charge in [0, 0.05) is 29.9 Å². The summed E-state index contributed by atoms with van der Waals surface area (Å²) in [7, 11) is 0. The molecule has 1 aromatic heterocycles. The van der Waals surface area contributed by atoms with Crippen molar-refractivity contribution in [3.8, 4) is 0 Å². The molecule has 0 saturated carbocycles. The summed E-state index contributed by atoms with van der Waals surface area (Å²) in [4.78, 5) is 64.0. The lowest BCUT2D eigenvalue weighted by molar-refractivity contribution is -0.142. The molecule has 0 aliphatic rings. The Morgan fingerprint density at radius 2 is 1.68 bits per heavy atom. The van der Waals surface area contributed by atoms with Crippen LogP contribution in [0, 0.1) is 0 Å². The monoisotopic (exact) mass is 534 g/mol. The molecule has 1 aromatic carbocycles. The number of aromatic amines is 1. The Kier molecular flexibility index (Phi) is 11.4. The normalized spacial score (nSPS) is 14.2. The van der Waals surface area contributed by atoms with Crippen LogP contribution in [-0.2, 0) is 30.4 Å². The number of benzene rings is 1. The van der Waals surface area contributed by atoms with E-state index in [0.717, 1.165) is 16.5 Å². The standard InChI is InChI=1S/C24H34N6O6S/c1-13(21(32)29-18(24(35)36)7-8-20(26)31)28-23(34)19(30-22(33)16(25)9-10-37-2)11-14-12-27-17-6-4-3-5-15(14)17/h3-6,12-13,16,18-19,27H,7-11,25H2,1-2H3,(H2,26,31)(H,28,34)(H,29,32)(H,30,33)(H,35,36). The zero-order chi connectivity index (χ0) is 27.5. The van der Waals surface area contributed by atoms with Gasteiger partial charge in [0.25, 0.3) is 0 Å². The molecule has 202 valence electrons. The van der Waals surface area contributed by atoms with Gasteiger partial charge in [-0.1, -0.05) is 18.2 Å². The number of rotatable bonds is 15. The zero-order valence-corrected chi connectivity index (χ0v) is 21.6. The second kappa shape index (κ2) is 14.2. The van der Waals surface area contributed by atoms with Crippen molar-refractivity contribution in [1.29, 1.82) is 0 Å². The molecule has 37 heavy (non-hydrogen) atoms. The molecule has 2 rings (SSSR count). The number of primary amides is 1. The third-order valence-electron chi connectivity index (χ3n) is 5.75. The van der Waals surface area contributed by atoms with Crippen molar-refractivity contribution in [2.75, 3.05) is 12.0 Å². The number of aliphatic carboxylic acids is 1. The molecule has 0 fully saturated rings. The number of para-hydroxylation sites is 1. The number of hydrogen-bond acceptors (Lipinski definition) is 7. The van der Waals surface area contributed by atoms with Crippen LogP contribution in [0.15, 0.2) is 30.5 Å². The van der Waals surface area contributed by atoms with E-state index in [-0.39, 0.29) is 19.3 Å². The Hall–Kier alpha value is -3.58. The number of H-pyrrole nitrogens is 1. The second-order valence-corrected chi connectivity index (χ2v) is 9.63. The molecule has 0 spiro atoms. The van der Waals surface area contributed by atoms with Crippen LogP contribution in [0.4, 0.5) is 0 Å². The average molecular weight is 535 g/mol. The number of carbonyl (C=O) groups is 5. The molecule has 12 nitrogen and oxygen atoms in total. The lowest BCUT2D eigenvalue weighted by Gasteiger charge is -2.23. The average Bonchev–Trinajstić information content (AvgIpc) is 3.26. The molecule has 4 unspecified atom stereocenters. The van der Waals surface area contributed by atoms with Crippen molar-refractivity contribution < 1.29 is 29.1 Å². The smallest absolute Gasteiger partial charge is 0.326 e. The van der Waals surface area contributed by atoms with Crippen LogP contribution in [0.2, 0.25) is 0 Å². The Morgan fingerprint density at radius 1 is 1.00 bits per heavy atom. The number of fused-ring (bicyclic) bond motifs is 1. The maximum atomic E-state index is 13.2. The van der Waals surface area contributed by atoms with E-state index in [2.05, 4.69) is 20.9 Å². The van der Waals surface area contributed by atoms with E-state index in [1.165, 1.54) is 6.92 Å². The summed E-state index contributed by atoms with van der Waals surface area (Å²) in [6, 6.07) is 3.15. The molecule has 1 heterocycles. The van der Waals surface area contributed by atoms with Crippen LogP contribution >= 0.6 is 11.8 Å². The highest BCUT2D eigenvalue weighted by Gasteiger charge is 2.29. The third kappa shape index (κ3) is 9.10. The van der Waals surface area contributed by atoms with Crippen molar-refractivity contribution in [3.63, 3.8) is 0 Å². The van der Waals surface area contributed by atoms with Crippen molar-refractivity contribution >= 4 is 52.3 Å². The van der Waals surface area contributed by atoms with E-state index in [1.807, 2.05) is 30.5 Å². The summed E-state index contributed by atoms with van der Waals surface area (Å²) >= 11 is 1.55. The summed E-state index contributed by atoms with van der Waals surface area (Å²) in [6.07, 6.45) is 3.78. The van der Waals surface area contributed by atoms with Crippen molar-refractivity contribution in [1.82, 2.24) is 20.9 Å². The van der Waals surface area contributed by atoms with Gasteiger partial charge in [0.1, 0.15) is 18.1 Å². The van der Waals surface area contributed by atoms with Gasteiger partial charge < -0.3 is 37.5 Å². The molecule has 4 amide bonds. The molecule has 0 saturated heterocycles. The molecule has 9 N–H and O–H groups in total. The minimum absolute atomic E-state index is 0.127. The van der Waals surface area contributed by atoms with Gasteiger partial charge in [-0.3, -0.25) is 19.2 Å². The SMILES string of the molecule is CSCCC(N)C(=O)NC(Cc1c[nH]c2ccccc12)C(=O)NC(C)C(=O)NC(CCC(N)=O)C(=O)O. The predicted molar refractivity (Wildman–Crippen MR) is 141 cm³/mol. The highest BCUT2D eigenvalue weighted by atomic mass is 32.2. The van der Waals surface area contributed by atoms with Crippen LogP contribution in [0.3, 0.4) is 0 Å².